The highest BCUT2D eigenvalue weighted by molar-refractivity contribution is 7.92. The van der Waals surface area contributed by atoms with Gasteiger partial charge in [-0.05, 0) is 36.8 Å². The molecule has 0 saturated carbocycles. The molecule has 0 fully saturated rings. The summed E-state index contributed by atoms with van der Waals surface area (Å²) < 4.78 is 52.4. The molecule has 1 unspecified atom stereocenters. The van der Waals surface area contributed by atoms with E-state index in [1.807, 2.05) is 0 Å². The topological polar surface area (TPSA) is 66.4 Å². The number of nitrogens with one attached hydrogen (secondary N) is 1. The lowest BCUT2D eigenvalue weighted by Crippen LogP contribution is -2.13. The summed E-state index contributed by atoms with van der Waals surface area (Å²) in [6.07, 6.45) is -0.716. The van der Waals surface area contributed by atoms with Gasteiger partial charge in [-0.3, -0.25) is 4.72 Å². The maximum atomic E-state index is 13.0. The van der Waals surface area contributed by atoms with E-state index in [0.29, 0.717) is 11.6 Å². The van der Waals surface area contributed by atoms with Crippen molar-refractivity contribution in [2.75, 3.05) is 4.72 Å². The molecule has 0 amide bonds. The molecule has 2 rings (SSSR count). The Balaban J connectivity index is 2.29. The molecule has 1 atom stereocenters. The van der Waals surface area contributed by atoms with Crippen LogP contribution in [0.15, 0.2) is 47.4 Å². The van der Waals surface area contributed by atoms with Crippen molar-refractivity contribution in [2.24, 2.45) is 0 Å². The van der Waals surface area contributed by atoms with Gasteiger partial charge in [-0.1, -0.05) is 12.1 Å². The van der Waals surface area contributed by atoms with Gasteiger partial charge in [0.25, 0.3) is 10.0 Å². The van der Waals surface area contributed by atoms with Gasteiger partial charge in [0.1, 0.15) is 11.6 Å². The molecule has 2 N–H and O–H groups in total. The predicted molar refractivity (Wildman–Crippen MR) is 74.2 cm³/mol. The molecule has 2 aromatic carbocycles. The average molecular weight is 313 g/mol. The molecular weight excluding hydrogens is 300 g/mol. The normalized spacial score (nSPS) is 13.0. The van der Waals surface area contributed by atoms with E-state index in [4.69, 9.17) is 0 Å². The fourth-order valence-corrected chi connectivity index (χ4v) is 2.79. The first-order valence-corrected chi connectivity index (χ1v) is 7.53. The number of anilines is 1. The van der Waals surface area contributed by atoms with Crippen LogP contribution in [-0.4, -0.2) is 13.5 Å². The zero-order chi connectivity index (χ0) is 15.6. The Morgan fingerprint density at radius 3 is 2.05 bits per heavy atom. The van der Waals surface area contributed by atoms with E-state index in [-0.39, 0.29) is 10.6 Å². The summed E-state index contributed by atoms with van der Waals surface area (Å²) in [4.78, 5) is -0.0726. The fourth-order valence-electron chi connectivity index (χ4n) is 1.75. The van der Waals surface area contributed by atoms with Crippen LogP contribution in [0.5, 0.6) is 0 Å². The number of aliphatic hydroxyl groups excluding tert-OH is 1. The zero-order valence-corrected chi connectivity index (χ0v) is 11.9. The molecule has 0 aliphatic rings. The third kappa shape index (κ3) is 3.77. The number of rotatable bonds is 4. The van der Waals surface area contributed by atoms with Crippen LogP contribution in [-0.2, 0) is 10.0 Å². The van der Waals surface area contributed by atoms with Crippen molar-refractivity contribution in [1.29, 1.82) is 0 Å². The number of sulfonamides is 1. The number of halogens is 2. The SMILES string of the molecule is CC(O)c1ccc(S(=O)(=O)Nc2cc(F)cc(F)c2)cc1. The van der Waals surface area contributed by atoms with Gasteiger partial charge >= 0.3 is 0 Å². The molecule has 0 aliphatic carbocycles. The summed E-state index contributed by atoms with van der Waals surface area (Å²) >= 11 is 0. The Kier molecular flexibility index (Phi) is 4.24. The van der Waals surface area contributed by atoms with Gasteiger partial charge < -0.3 is 5.11 Å². The zero-order valence-electron chi connectivity index (χ0n) is 11.0. The monoisotopic (exact) mass is 313 g/mol. The molecule has 0 spiro atoms. The van der Waals surface area contributed by atoms with Crippen LogP contribution < -0.4 is 4.72 Å². The number of hydrogen-bond donors (Lipinski definition) is 2. The van der Waals surface area contributed by atoms with Crippen molar-refractivity contribution in [3.05, 3.63) is 59.7 Å². The molecular formula is C14H13F2NO3S. The number of benzene rings is 2. The van der Waals surface area contributed by atoms with E-state index in [1.54, 1.807) is 6.92 Å². The highest BCUT2D eigenvalue weighted by atomic mass is 32.2. The minimum atomic E-state index is -3.95. The van der Waals surface area contributed by atoms with E-state index in [0.717, 1.165) is 12.1 Å². The minimum absolute atomic E-state index is 0.0726. The maximum Gasteiger partial charge on any atom is 0.261 e. The summed E-state index contributed by atoms with van der Waals surface area (Å²) in [5.74, 6) is -1.76. The van der Waals surface area contributed by atoms with E-state index in [9.17, 15) is 22.3 Å². The Morgan fingerprint density at radius 2 is 1.57 bits per heavy atom. The van der Waals surface area contributed by atoms with Crippen molar-refractivity contribution < 1.29 is 22.3 Å². The minimum Gasteiger partial charge on any atom is -0.389 e. The van der Waals surface area contributed by atoms with Gasteiger partial charge in [0.2, 0.25) is 0 Å². The van der Waals surface area contributed by atoms with Gasteiger partial charge in [-0.15, -0.1) is 0 Å². The molecule has 0 radical (unpaired) electrons. The predicted octanol–water partition coefficient (Wildman–Crippen LogP) is 2.82. The van der Waals surface area contributed by atoms with Crippen molar-refractivity contribution in [3.8, 4) is 0 Å². The first-order chi connectivity index (χ1) is 9.78. The molecule has 112 valence electrons. The molecule has 0 aliphatic heterocycles. The van der Waals surface area contributed by atoms with Crippen molar-refractivity contribution in [3.63, 3.8) is 0 Å². The third-order valence-corrected chi connectivity index (χ3v) is 4.18. The second-order valence-corrected chi connectivity index (χ2v) is 6.19. The molecule has 0 aromatic heterocycles. The highest BCUT2D eigenvalue weighted by Crippen LogP contribution is 2.20. The quantitative estimate of drug-likeness (QED) is 0.912. The van der Waals surface area contributed by atoms with Crippen LogP contribution in [0.1, 0.15) is 18.6 Å². The van der Waals surface area contributed by atoms with E-state index < -0.39 is 27.8 Å². The second kappa shape index (κ2) is 5.79. The average Bonchev–Trinajstić information content (AvgIpc) is 2.37. The van der Waals surface area contributed by atoms with E-state index in [1.165, 1.54) is 24.3 Å². The molecule has 4 nitrogen and oxygen atoms in total. The van der Waals surface area contributed by atoms with Crippen LogP contribution in [0.3, 0.4) is 0 Å². The Hall–Kier alpha value is -1.99. The molecule has 7 heteroatoms. The standard InChI is InChI=1S/C14H13F2NO3S/c1-9(18)10-2-4-14(5-3-10)21(19,20)17-13-7-11(15)6-12(16)8-13/h2-9,17-18H,1H3. The molecule has 21 heavy (non-hydrogen) atoms. The number of aliphatic hydroxyl groups is 1. The summed E-state index contributed by atoms with van der Waals surface area (Å²) in [5.41, 5.74) is 0.359. The Morgan fingerprint density at radius 1 is 1.05 bits per heavy atom. The summed E-state index contributed by atoms with van der Waals surface area (Å²) in [7, 11) is -3.95. The van der Waals surface area contributed by atoms with Crippen LogP contribution in [0.25, 0.3) is 0 Å². The van der Waals surface area contributed by atoms with Crippen LogP contribution in [0.2, 0.25) is 0 Å². The Labute approximate surface area is 121 Å². The first kappa shape index (κ1) is 15.4. The Bertz CT molecular complexity index is 723. The van der Waals surface area contributed by atoms with Gasteiger partial charge in [0.05, 0.1) is 16.7 Å². The van der Waals surface area contributed by atoms with Gasteiger partial charge in [0, 0.05) is 6.07 Å². The summed E-state index contributed by atoms with van der Waals surface area (Å²) in [6, 6.07) is 7.95. The third-order valence-electron chi connectivity index (χ3n) is 2.79. The van der Waals surface area contributed by atoms with Crippen molar-refractivity contribution >= 4 is 15.7 Å². The maximum absolute atomic E-state index is 13.0. The highest BCUT2D eigenvalue weighted by Gasteiger charge is 2.15. The van der Waals surface area contributed by atoms with Crippen molar-refractivity contribution in [2.45, 2.75) is 17.9 Å². The smallest absolute Gasteiger partial charge is 0.261 e. The van der Waals surface area contributed by atoms with Crippen LogP contribution in [0, 0.1) is 11.6 Å². The summed E-state index contributed by atoms with van der Waals surface area (Å²) in [5, 5.41) is 9.37. The van der Waals surface area contributed by atoms with Gasteiger partial charge in [0.15, 0.2) is 0 Å². The fraction of sp³-hybridized carbons (Fsp3) is 0.143. The van der Waals surface area contributed by atoms with Gasteiger partial charge in [-0.2, -0.15) is 0 Å². The van der Waals surface area contributed by atoms with Crippen molar-refractivity contribution in [1.82, 2.24) is 0 Å². The molecule has 0 saturated heterocycles. The van der Waals surface area contributed by atoms with E-state index in [2.05, 4.69) is 4.72 Å². The van der Waals surface area contributed by atoms with Crippen LogP contribution in [0.4, 0.5) is 14.5 Å². The lowest BCUT2D eigenvalue weighted by atomic mass is 10.1. The molecule has 0 bridgehead atoms. The largest absolute Gasteiger partial charge is 0.389 e. The second-order valence-electron chi connectivity index (χ2n) is 4.51. The van der Waals surface area contributed by atoms with Gasteiger partial charge in [-0.25, -0.2) is 17.2 Å². The molecule has 0 heterocycles. The van der Waals surface area contributed by atoms with E-state index >= 15 is 0 Å². The lowest BCUT2D eigenvalue weighted by molar-refractivity contribution is 0.199. The summed E-state index contributed by atoms with van der Waals surface area (Å²) in [6.45, 7) is 1.55. The lowest BCUT2D eigenvalue weighted by Gasteiger charge is -2.10. The number of hydrogen-bond acceptors (Lipinski definition) is 3. The first-order valence-electron chi connectivity index (χ1n) is 6.05. The van der Waals surface area contributed by atoms with Crippen LogP contribution >= 0.6 is 0 Å². The molecule has 2 aromatic rings.